The molecule has 1 atom stereocenters. The van der Waals surface area contributed by atoms with Crippen molar-refractivity contribution in [2.24, 2.45) is 7.05 Å². The number of methoxy groups -OCH3 is 1. The van der Waals surface area contributed by atoms with Gasteiger partial charge >= 0.3 is 0 Å². The van der Waals surface area contributed by atoms with Gasteiger partial charge in [0.25, 0.3) is 5.88 Å². The normalized spacial score (nSPS) is 12.9. The van der Waals surface area contributed by atoms with Gasteiger partial charge in [-0.1, -0.05) is 28.9 Å². The molecule has 5 rings (SSSR count). The molecule has 0 aliphatic rings. The maximum atomic E-state index is 12.4. The third-order valence-corrected chi connectivity index (χ3v) is 6.50. The number of halogens is 1. The molecule has 0 spiro atoms. The summed E-state index contributed by atoms with van der Waals surface area (Å²) in [7, 11) is 3.22. The summed E-state index contributed by atoms with van der Waals surface area (Å²) in [5.41, 5.74) is 2.06. The number of rotatable bonds is 7. The Bertz CT molecular complexity index is 1590. The molecule has 0 radical (unpaired) electrons. The van der Waals surface area contributed by atoms with E-state index in [9.17, 15) is 5.11 Å². The molecule has 188 valence electrons. The first-order chi connectivity index (χ1) is 17.8. The van der Waals surface area contributed by atoms with Gasteiger partial charge in [-0.25, -0.2) is 19.6 Å². The van der Waals surface area contributed by atoms with Gasteiger partial charge in [0.15, 0.2) is 11.4 Å². The molecule has 0 saturated heterocycles. The van der Waals surface area contributed by atoms with Crippen LogP contribution in [0.1, 0.15) is 34.0 Å². The molecule has 4 heterocycles. The summed E-state index contributed by atoms with van der Waals surface area (Å²) in [6.07, 6.45) is 4.79. The molecule has 0 aliphatic carbocycles. The Kier molecular flexibility index (Phi) is 6.45. The predicted molar refractivity (Wildman–Crippen MR) is 136 cm³/mol. The van der Waals surface area contributed by atoms with E-state index in [1.807, 2.05) is 26.0 Å². The third-order valence-electron chi connectivity index (χ3n) is 6.12. The molecule has 0 fully saturated rings. The van der Waals surface area contributed by atoms with Crippen molar-refractivity contribution < 1.29 is 14.6 Å². The van der Waals surface area contributed by atoms with E-state index in [4.69, 9.17) is 21.1 Å². The lowest BCUT2D eigenvalue weighted by Gasteiger charge is -2.30. The minimum atomic E-state index is -1.63. The number of aryl methyl sites for hydroxylation is 3. The first-order valence-electron chi connectivity index (χ1n) is 11.4. The Morgan fingerprint density at radius 2 is 1.86 bits per heavy atom. The molecule has 0 bridgehead atoms. The summed E-state index contributed by atoms with van der Waals surface area (Å²) in [6, 6.07) is 10.8. The lowest BCUT2D eigenvalue weighted by atomic mass is 9.82. The number of aromatic nitrogens is 7. The Morgan fingerprint density at radius 3 is 2.54 bits per heavy atom. The highest BCUT2D eigenvalue weighted by atomic mass is 35.5. The minimum absolute atomic E-state index is 0.0721. The van der Waals surface area contributed by atoms with Crippen LogP contribution in [0.25, 0.3) is 10.9 Å². The van der Waals surface area contributed by atoms with Crippen LogP contribution in [0.2, 0.25) is 5.02 Å². The van der Waals surface area contributed by atoms with Crippen molar-refractivity contribution in [2.75, 3.05) is 7.11 Å². The molecule has 11 heteroatoms. The van der Waals surface area contributed by atoms with Crippen molar-refractivity contribution in [3.63, 3.8) is 0 Å². The van der Waals surface area contributed by atoms with E-state index < -0.39 is 5.60 Å². The quantitative estimate of drug-likeness (QED) is 0.344. The molecule has 1 aromatic carbocycles. The largest absolute Gasteiger partial charge is 0.479 e. The number of ether oxygens (including phenoxy) is 2. The average Bonchev–Trinajstić information content (AvgIpc) is 3.34. The van der Waals surface area contributed by atoms with Gasteiger partial charge < -0.3 is 14.6 Å². The number of benzene rings is 1. The number of nitrogens with zero attached hydrogens (tertiary/aromatic N) is 7. The van der Waals surface area contributed by atoms with Crippen LogP contribution in [-0.2, 0) is 19.3 Å². The monoisotopic (exact) mass is 517 g/mol. The fourth-order valence-electron chi connectivity index (χ4n) is 4.34. The van der Waals surface area contributed by atoms with Crippen LogP contribution in [0.5, 0.6) is 11.6 Å². The summed E-state index contributed by atoms with van der Waals surface area (Å²) in [6.45, 7) is 3.83. The highest BCUT2D eigenvalue weighted by Gasteiger charge is 2.39. The molecule has 4 aromatic heterocycles. The van der Waals surface area contributed by atoms with Gasteiger partial charge in [-0.3, -0.25) is 4.98 Å². The lowest BCUT2D eigenvalue weighted by molar-refractivity contribution is 0.115. The zero-order valence-corrected chi connectivity index (χ0v) is 21.4. The van der Waals surface area contributed by atoms with E-state index in [2.05, 4.69) is 30.2 Å². The summed E-state index contributed by atoms with van der Waals surface area (Å²) in [5.74, 6) is 0.959. The van der Waals surface area contributed by atoms with Gasteiger partial charge in [0.2, 0.25) is 5.75 Å². The van der Waals surface area contributed by atoms with Crippen LogP contribution in [-0.4, -0.2) is 47.1 Å². The standard InChI is InChI=1S/C26H24ClN7O3/c1-15-6-8-19(16(2)31-15)26(35,21-13-30-33-34(21)3)17-7-9-20-18(12-17)23(27)24(25(32-20)36-4)37-14-22-28-10-5-11-29-22/h5-13,35H,14H2,1-4H3. The summed E-state index contributed by atoms with van der Waals surface area (Å²) < 4.78 is 12.9. The van der Waals surface area contributed by atoms with E-state index in [0.717, 1.165) is 5.69 Å². The topological polar surface area (TPSA) is 121 Å². The van der Waals surface area contributed by atoms with E-state index in [-0.39, 0.29) is 23.3 Å². The van der Waals surface area contributed by atoms with E-state index in [0.29, 0.717) is 39.2 Å². The van der Waals surface area contributed by atoms with Gasteiger partial charge in [0, 0.05) is 41.8 Å². The zero-order chi connectivity index (χ0) is 26.2. The zero-order valence-electron chi connectivity index (χ0n) is 20.7. The second kappa shape index (κ2) is 9.72. The maximum absolute atomic E-state index is 12.4. The lowest BCUT2D eigenvalue weighted by Crippen LogP contribution is -2.32. The van der Waals surface area contributed by atoms with Crippen LogP contribution in [0.4, 0.5) is 0 Å². The highest BCUT2D eigenvalue weighted by Crippen LogP contribution is 2.43. The molecule has 1 unspecified atom stereocenters. The molecule has 1 N–H and O–H groups in total. The molecule has 10 nitrogen and oxygen atoms in total. The summed E-state index contributed by atoms with van der Waals surface area (Å²) >= 11 is 6.86. The van der Waals surface area contributed by atoms with E-state index in [1.54, 1.807) is 43.7 Å². The van der Waals surface area contributed by atoms with Crippen molar-refractivity contribution in [3.8, 4) is 11.6 Å². The molecule has 0 aliphatic heterocycles. The van der Waals surface area contributed by atoms with Crippen molar-refractivity contribution >= 4 is 22.5 Å². The SMILES string of the molecule is COc1nc2ccc(C(O)(c3ccc(C)nc3C)c3cnnn3C)cc2c(Cl)c1OCc1ncccn1. The number of hydrogen-bond donors (Lipinski definition) is 1. The fraction of sp³-hybridized carbons (Fsp3) is 0.231. The van der Waals surface area contributed by atoms with Gasteiger partial charge in [-0.15, -0.1) is 5.10 Å². The van der Waals surface area contributed by atoms with Gasteiger partial charge in [0.05, 0.1) is 29.5 Å². The van der Waals surface area contributed by atoms with Crippen molar-refractivity contribution in [2.45, 2.75) is 26.1 Å². The molecule has 0 saturated carbocycles. The Balaban J connectivity index is 1.68. The second-order valence-corrected chi connectivity index (χ2v) is 8.87. The van der Waals surface area contributed by atoms with Crippen LogP contribution in [0.15, 0.2) is 55.0 Å². The molecular formula is C26H24ClN7O3. The highest BCUT2D eigenvalue weighted by molar-refractivity contribution is 6.37. The minimum Gasteiger partial charge on any atom is -0.479 e. The predicted octanol–water partition coefficient (Wildman–Crippen LogP) is 3.69. The molecular weight excluding hydrogens is 494 g/mol. The number of fused-ring (bicyclic) bond motifs is 1. The van der Waals surface area contributed by atoms with Gasteiger partial charge in [-0.2, -0.15) is 0 Å². The fourth-order valence-corrected chi connectivity index (χ4v) is 4.63. The van der Waals surface area contributed by atoms with Crippen molar-refractivity contribution in [1.82, 2.24) is 34.9 Å². The number of hydrogen-bond acceptors (Lipinski definition) is 9. The molecule has 0 amide bonds. The Morgan fingerprint density at radius 1 is 1.08 bits per heavy atom. The smallest absolute Gasteiger partial charge is 0.258 e. The van der Waals surface area contributed by atoms with Gasteiger partial charge in [-0.05, 0) is 43.7 Å². The Labute approximate surface area is 217 Å². The number of pyridine rings is 2. The first kappa shape index (κ1) is 24.5. The molecule has 5 aromatic rings. The average molecular weight is 518 g/mol. The van der Waals surface area contributed by atoms with Crippen LogP contribution < -0.4 is 9.47 Å². The van der Waals surface area contributed by atoms with Crippen molar-refractivity contribution in [1.29, 1.82) is 0 Å². The number of aliphatic hydroxyl groups is 1. The summed E-state index contributed by atoms with van der Waals surface area (Å²) in [5, 5.41) is 21.3. The van der Waals surface area contributed by atoms with Gasteiger partial charge in [0.1, 0.15) is 6.61 Å². The van der Waals surface area contributed by atoms with Crippen LogP contribution in [0, 0.1) is 13.8 Å². The summed E-state index contributed by atoms with van der Waals surface area (Å²) in [4.78, 5) is 17.5. The second-order valence-electron chi connectivity index (χ2n) is 8.49. The third kappa shape index (κ3) is 4.34. The van der Waals surface area contributed by atoms with E-state index in [1.165, 1.54) is 18.0 Å². The van der Waals surface area contributed by atoms with Crippen LogP contribution >= 0.6 is 11.6 Å². The van der Waals surface area contributed by atoms with E-state index >= 15 is 0 Å². The van der Waals surface area contributed by atoms with Crippen LogP contribution in [0.3, 0.4) is 0 Å². The maximum Gasteiger partial charge on any atom is 0.258 e. The first-order valence-corrected chi connectivity index (χ1v) is 11.8. The molecule has 37 heavy (non-hydrogen) atoms. The van der Waals surface area contributed by atoms with Crippen molar-refractivity contribution in [3.05, 3.63) is 94.0 Å². The Hall–Kier alpha value is -4.15.